The summed E-state index contributed by atoms with van der Waals surface area (Å²) in [5.74, 6) is 0.0435. The zero-order valence-electron chi connectivity index (χ0n) is 20.9. The Hall–Kier alpha value is -4.25. The van der Waals surface area contributed by atoms with E-state index in [9.17, 15) is 14.9 Å². The first-order chi connectivity index (χ1) is 19.3. The first-order valence-corrected chi connectivity index (χ1v) is 13.5. The van der Waals surface area contributed by atoms with Gasteiger partial charge in [0, 0.05) is 24.0 Å². The molecule has 0 radical (unpaired) electrons. The van der Waals surface area contributed by atoms with Crippen LogP contribution in [0.4, 0.5) is 11.4 Å². The molecule has 2 aromatic heterocycles. The van der Waals surface area contributed by atoms with E-state index in [4.69, 9.17) is 23.2 Å². The van der Waals surface area contributed by atoms with Crippen molar-refractivity contribution in [1.29, 1.82) is 0 Å². The van der Waals surface area contributed by atoms with Crippen LogP contribution in [0.25, 0.3) is 17.1 Å². The van der Waals surface area contributed by atoms with Crippen LogP contribution in [0.5, 0.6) is 0 Å². The van der Waals surface area contributed by atoms with Crippen molar-refractivity contribution in [2.24, 2.45) is 0 Å². The third kappa shape index (κ3) is 5.84. The number of hydrogen-bond donors (Lipinski definition) is 1. The van der Waals surface area contributed by atoms with Crippen LogP contribution in [-0.2, 0) is 4.79 Å². The summed E-state index contributed by atoms with van der Waals surface area (Å²) < 4.78 is 1.78. The van der Waals surface area contributed by atoms with E-state index in [0.29, 0.717) is 37.8 Å². The Morgan fingerprint density at radius 1 is 0.975 bits per heavy atom. The van der Waals surface area contributed by atoms with Gasteiger partial charge in [0.25, 0.3) is 5.69 Å². The van der Waals surface area contributed by atoms with E-state index in [0.717, 1.165) is 17.3 Å². The van der Waals surface area contributed by atoms with Crippen LogP contribution in [0, 0.1) is 17.0 Å². The summed E-state index contributed by atoms with van der Waals surface area (Å²) in [5, 5.41) is 23.6. The fraction of sp³-hybridized carbons (Fsp3) is 0.0714. The van der Waals surface area contributed by atoms with Crippen molar-refractivity contribution >= 4 is 52.2 Å². The lowest BCUT2D eigenvalue weighted by Gasteiger charge is -2.18. The van der Waals surface area contributed by atoms with Gasteiger partial charge in [-0.25, -0.2) is 0 Å². The molecule has 0 spiro atoms. The number of halogens is 2. The lowest BCUT2D eigenvalue weighted by molar-refractivity contribution is -0.384. The molecule has 0 unspecified atom stereocenters. The molecule has 0 aliphatic carbocycles. The predicted molar refractivity (Wildman–Crippen MR) is 156 cm³/mol. The van der Waals surface area contributed by atoms with Gasteiger partial charge in [-0.1, -0.05) is 71.4 Å². The Morgan fingerprint density at radius 2 is 1.73 bits per heavy atom. The number of amides is 1. The van der Waals surface area contributed by atoms with Gasteiger partial charge in [0.2, 0.25) is 5.91 Å². The molecular weight excluding hydrogens is 571 g/mol. The second kappa shape index (κ2) is 11.9. The third-order valence-electron chi connectivity index (χ3n) is 5.90. The van der Waals surface area contributed by atoms with Crippen molar-refractivity contribution in [2.45, 2.75) is 17.3 Å². The Labute approximate surface area is 243 Å². The molecule has 1 atom stereocenters. The largest absolute Gasteiger partial charge is 0.319 e. The molecule has 12 heteroatoms. The number of nitrogens with zero attached hydrogens (tertiary/aromatic N) is 5. The highest BCUT2D eigenvalue weighted by Gasteiger charge is 2.28. The number of rotatable bonds is 8. The summed E-state index contributed by atoms with van der Waals surface area (Å²) in [6.07, 6.45) is 3.29. The van der Waals surface area contributed by atoms with Gasteiger partial charge in [0.15, 0.2) is 11.0 Å². The molecule has 0 bridgehead atoms. The molecule has 0 fully saturated rings. The Bertz CT molecular complexity index is 1700. The molecule has 5 rings (SSSR count). The summed E-state index contributed by atoms with van der Waals surface area (Å²) in [7, 11) is 0. The van der Waals surface area contributed by atoms with Gasteiger partial charge in [-0.05, 0) is 54.4 Å². The summed E-state index contributed by atoms with van der Waals surface area (Å²) in [6.45, 7) is 1.75. The minimum absolute atomic E-state index is 0.102. The first kappa shape index (κ1) is 27.3. The summed E-state index contributed by atoms with van der Waals surface area (Å²) in [5.41, 5.74) is 2.67. The van der Waals surface area contributed by atoms with Gasteiger partial charge in [-0.2, -0.15) is 0 Å². The van der Waals surface area contributed by atoms with Crippen LogP contribution in [0.1, 0.15) is 16.4 Å². The zero-order chi connectivity index (χ0) is 28.2. The smallest absolute Gasteiger partial charge is 0.293 e. The molecular formula is C28H20Cl2N6O3S. The second-order valence-corrected chi connectivity index (χ2v) is 10.5. The van der Waals surface area contributed by atoms with E-state index in [1.165, 1.54) is 12.1 Å². The monoisotopic (exact) mass is 590 g/mol. The van der Waals surface area contributed by atoms with E-state index in [1.807, 2.05) is 30.3 Å². The number of aromatic nitrogens is 4. The standard InChI is InChI=1S/C28H20Cl2N6O3S/c1-17-7-10-23(24(15-17)36(38)39)32-27(37)25(18-5-3-2-4-6-18)40-28-34-33-26(19-11-13-31-14-12-19)35(28)20-8-9-21(29)22(30)16-20/h2-16,25H,1H3,(H,32,37)/t25-/m0/s1. The number of thioether (sulfide) groups is 1. The van der Waals surface area contributed by atoms with Crippen molar-refractivity contribution in [3.05, 3.63) is 123 Å². The lowest BCUT2D eigenvalue weighted by Crippen LogP contribution is -2.20. The first-order valence-electron chi connectivity index (χ1n) is 11.9. The minimum atomic E-state index is -0.835. The van der Waals surface area contributed by atoms with E-state index >= 15 is 0 Å². The van der Waals surface area contributed by atoms with Crippen LogP contribution in [0.2, 0.25) is 10.0 Å². The highest BCUT2D eigenvalue weighted by molar-refractivity contribution is 8.00. The number of carbonyl (C=O) groups is 1. The van der Waals surface area contributed by atoms with Crippen LogP contribution >= 0.6 is 35.0 Å². The van der Waals surface area contributed by atoms with E-state index in [2.05, 4.69) is 20.5 Å². The van der Waals surface area contributed by atoms with Gasteiger partial charge in [-0.15, -0.1) is 10.2 Å². The minimum Gasteiger partial charge on any atom is -0.319 e. The number of carbonyl (C=O) groups excluding carboxylic acids is 1. The molecule has 0 aliphatic rings. The molecule has 1 amide bonds. The number of nitro benzene ring substituents is 1. The molecule has 0 saturated heterocycles. The van der Waals surface area contributed by atoms with E-state index in [-0.39, 0.29) is 11.4 Å². The Balaban J connectivity index is 1.59. The molecule has 200 valence electrons. The normalized spacial score (nSPS) is 11.7. The zero-order valence-corrected chi connectivity index (χ0v) is 23.2. The quantitative estimate of drug-likeness (QED) is 0.114. The number of nitrogens with one attached hydrogen (secondary N) is 1. The Kier molecular flexibility index (Phi) is 8.11. The van der Waals surface area contributed by atoms with Gasteiger partial charge in [-0.3, -0.25) is 24.5 Å². The molecule has 5 aromatic rings. The fourth-order valence-electron chi connectivity index (χ4n) is 3.99. The average Bonchev–Trinajstić information content (AvgIpc) is 3.38. The van der Waals surface area contributed by atoms with Crippen molar-refractivity contribution < 1.29 is 9.72 Å². The maximum absolute atomic E-state index is 13.7. The summed E-state index contributed by atoms with van der Waals surface area (Å²) in [4.78, 5) is 29.0. The molecule has 2 heterocycles. The van der Waals surface area contributed by atoms with Crippen molar-refractivity contribution in [3.8, 4) is 17.1 Å². The molecule has 0 aliphatic heterocycles. The van der Waals surface area contributed by atoms with Gasteiger partial charge in [0.1, 0.15) is 10.9 Å². The maximum Gasteiger partial charge on any atom is 0.293 e. The van der Waals surface area contributed by atoms with Crippen LogP contribution in [0.3, 0.4) is 0 Å². The van der Waals surface area contributed by atoms with E-state index in [1.54, 1.807) is 60.3 Å². The number of benzene rings is 3. The van der Waals surface area contributed by atoms with Crippen molar-refractivity contribution in [2.75, 3.05) is 5.32 Å². The number of aryl methyl sites for hydroxylation is 1. The highest BCUT2D eigenvalue weighted by atomic mass is 35.5. The molecule has 9 nitrogen and oxygen atoms in total. The summed E-state index contributed by atoms with van der Waals surface area (Å²) >= 11 is 13.7. The topological polar surface area (TPSA) is 116 Å². The van der Waals surface area contributed by atoms with Gasteiger partial charge < -0.3 is 5.32 Å². The highest BCUT2D eigenvalue weighted by Crippen LogP contribution is 2.39. The third-order valence-corrected chi connectivity index (χ3v) is 7.84. The van der Waals surface area contributed by atoms with Gasteiger partial charge >= 0.3 is 0 Å². The van der Waals surface area contributed by atoms with Crippen molar-refractivity contribution in [1.82, 2.24) is 19.7 Å². The fourth-order valence-corrected chi connectivity index (χ4v) is 5.34. The number of anilines is 1. The molecule has 1 N–H and O–H groups in total. The molecule has 0 saturated carbocycles. The molecule has 40 heavy (non-hydrogen) atoms. The summed E-state index contributed by atoms with van der Waals surface area (Å²) in [6, 6.07) is 22.5. The van der Waals surface area contributed by atoms with E-state index < -0.39 is 16.1 Å². The van der Waals surface area contributed by atoms with Crippen LogP contribution in [0.15, 0.2) is 96.4 Å². The second-order valence-electron chi connectivity index (χ2n) is 8.65. The average molecular weight is 591 g/mol. The lowest BCUT2D eigenvalue weighted by atomic mass is 10.1. The Morgan fingerprint density at radius 3 is 2.42 bits per heavy atom. The number of nitro groups is 1. The molecule has 3 aromatic carbocycles. The number of hydrogen-bond acceptors (Lipinski definition) is 7. The van der Waals surface area contributed by atoms with Crippen LogP contribution in [-0.4, -0.2) is 30.6 Å². The SMILES string of the molecule is Cc1ccc(NC(=O)[C@@H](Sc2nnc(-c3ccncc3)n2-c2ccc(Cl)c(Cl)c2)c2ccccc2)c([N+](=O)[O-])c1. The maximum atomic E-state index is 13.7. The van der Waals surface area contributed by atoms with Gasteiger partial charge in [0.05, 0.1) is 20.7 Å². The van der Waals surface area contributed by atoms with Crippen LogP contribution < -0.4 is 5.32 Å². The predicted octanol–water partition coefficient (Wildman–Crippen LogP) is 7.32. The number of pyridine rings is 1. The van der Waals surface area contributed by atoms with Crippen molar-refractivity contribution in [3.63, 3.8) is 0 Å².